The Bertz CT molecular complexity index is 948. The predicted octanol–water partition coefficient (Wildman–Crippen LogP) is 5.12. The minimum Gasteiger partial charge on any atom is -0.495 e. The zero-order valence-electron chi connectivity index (χ0n) is 16.2. The second kappa shape index (κ2) is 8.75. The molecule has 2 N–H and O–H groups in total. The minimum atomic E-state index is 0.127. The molecule has 0 aliphatic heterocycles. The van der Waals surface area contributed by atoms with Gasteiger partial charge in [0, 0.05) is 16.8 Å². The summed E-state index contributed by atoms with van der Waals surface area (Å²) in [6, 6.07) is 11.2. The Labute approximate surface area is 169 Å². The zero-order chi connectivity index (χ0) is 20.1. The van der Waals surface area contributed by atoms with Crippen molar-refractivity contribution in [3.05, 3.63) is 53.2 Å². The van der Waals surface area contributed by atoms with Crippen LogP contribution in [0.2, 0.25) is 5.02 Å². The van der Waals surface area contributed by atoms with E-state index in [1.807, 2.05) is 51.1 Å². The highest BCUT2D eigenvalue weighted by Crippen LogP contribution is 2.32. The predicted molar refractivity (Wildman–Crippen MR) is 111 cm³/mol. The highest BCUT2D eigenvalue weighted by molar-refractivity contribution is 6.31. The molecule has 3 aromatic rings. The van der Waals surface area contributed by atoms with Crippen LogP contribution in [0.5, 0.6) is 11.5 Å². The first-order valence-electron chi connectivity index (χ1n) is 8.79. The van der Waals surface area contributed by atoms with Gasteiger partial charge < -0.3 is 20.1 Å². The van der Waals surface area contributed by atoms with Crippen LogP contribution in [-0.4, -0.2) is 28.4 Å². The van der Waals surface area contributed by atoms with Crippen LogP contribution in [0.3, 0.4) is 0 Å². The number of methoxy groups -OCH3 is 1. The summed E-state index contributed by atoms with van der Waals surface area (Å²) in [4.78, 5) is 4.45. The molecule has 0 unspecified atom stereocenters. The van der Waals surface area contributed by atoms with Crippen molar-refractivity contribution >= 4 is 34.7 Å². The number of halogens is 1. The summed E-state index contributed by atoms with van der Waals surface area (Å²) in [7, 11) is 1.59. The van der Waals surface area contributed by atoms with Crippen molar-refractivity contribution in [1.29, 1.82) is 0 Å². The molecule has 1 aromatic heterocycles. The molecule has 0 amide bonds. The van der Waals surface area contributed by atoms with Crippen molar-refractivity contribution in [1.82, 2.24) is 15.2 Å². The van der Waals surface area contributed by atoms with Crippen LogP contribution < -0.4 is 20.1 Å². The summed E-state index contributed by atoms with van der Waals surface area (Å²) >= 11 is 6.16. The van der Waals surface area contributed by atoms with Gasteiger partial charge in [0.1, 0.15) is 11.5 Å². The molecule has 146 valence electrons. The number of nitrogens with one attached hydrogen (secondary N) is 2. The molecule has 28 heavy (non-hydrogen) atoms. The molecular weight excluding hydrogens is 378 g/mol. The standard InChI is InChI=1S/C20H22ClN5O2/c1-12(2)28-15-7-5-14(6-8-15)23-20-25-19(11-22-26-20)24-17-9-13(3)16(21)10-18(17)27-4/h5-12H,1-4H3,(H2,23,24,25,26). The average Bonchev–Trinajstić information content (AvgIpc) is 2.66. The number of aryl methyl sites for hydroxylation is 1. The van der Waals surface area contributed by atoms with Gasteiger partial charge in [0.15, 0.2) is 5.82 Å². The lowest BCUT2D eigenvalue weighted by Gasteiger charge is -2.13. The first-order chi connectivity index (χ1) is 13.4. The van der Waals surface area contributed by atoms with E-state index < -0.39 is 0 Å². The number of ether oxygens (including phenoxy) is 2. The van der Waals surface area contributed by atoms with Gasteiger partial charge in [0.2, 0.25) is 5.95 Å². The molecule has 0 bridgehead atoms. The summed E-state index contributed by atoms with van der Waals surface area (Å²) in [5, 5.41) is 15.0. The van der Waals surface area contributed by atoms with Gasteiger partial charge in [0.05, 0.1) is 25.1 Å². The highest BCUT2D eigenvalue weighted by atomic mass is 35.5. The fraction of sp³-hybridized carbons (Fsp3) is 0.250. The van der Waals surface area contributed by atoms with Gasteiger partial charge in [-0.15, -0.1) is 5.10 Å². The van der Waals surface area contributed by atoms with E-state index in [4.69, 9.17) is 21.1 Å². The normalized spacial score (nSPS) is 10.6. The van der Waals surface area contributed by atoms with E-state index in [9.17, 15) is 0 Å². The molecule has 0 saturated carbocycles. The number of anilines is 4. The van der Waals surface area contributed by atoms with Gasteiger partial charge in [0.25, 0.3) is 0 Å². The van der Waals surface area contributed by atoms with Crippen LogP contribution in [0.1, 0.15) is 19.4 Å². The van der Waals surface area contributed by atoms with Gasteiger partial charge in [-0.1, -0.05) is 11.6 Å². The second-order valence-corrected chi connectivity index (χ2v) is 6.82. The third-order valence-corrected chi connectivity index (χ3v) is 4.19. The van der Waals surface area contributed by atoms with Crippen LogP contribution >= 0.6 is 11.6 Å². The maximum Gasteiger partial charge on any atom is 0.249 e. The summed E-state index contributed by atoms with van der Waals surface area (Å²) in [5.41, 5.74) is 2.50. The summed E-state index contributed by atoms with van der Waals surface area (Å²) < 4.78 is 11.0. The van der Waals surface area contributed by atoms with E-state index in [0.29, 0.717) is 22.5 Å². The van der Waals surface area contributed by atoms with E-state index in [1.165, 1.54) is 6.20 Å². The molecule has 0 atom stereocenters. The van der Waals surface area contributed by atoms with Crippen LogP contribution in [0.4, 0.5) is 23.1 Å². The van der Waals surface area contributed by atoms with Gasteiger partial charge >= 0.3 is 0 Å². The van der Waals surface area contributed by atoms with Crippen LogP contribution in [-0.2, 0) is 0 Å². The third kappa shape index (κ3) is 5.01. The van der Waals surface area contributed by atoms with Crippen LogP contribution in [0, 0.1) is 6.92 Å². The minimum absolute atomic E-state index is 0.127. The smallest absolute Gasteiger partial charge is 0.249 e. The number of hydrogen-bond donors (Lipinski definition) is 2. The number of aromatic nitrogens is 3. The Morgan fingerprint density at radius 2 is 1.82 bits per heavy atom. The van der Waals surface area contributed by atoms with Crippen LogP contribution in [0.25, 0.3) is 0 Å². The lowest BCUT2D eigenvalue weighted by molar-refractivity contribution is 0.242. The third-order valence-electron chi connectivity index (χ3n) is 3.78. The lowest BCUT2D eigenvalue weighted by atomic mass is 10.2. The van der Waals surface area contributed by atoms with Crippen molar-refractivity contribution < 1.29 is 9.47 Å². The summed E-state index contributed by atoms with van der Waals surface area (Å²) in [5.74, 6) is 2.31. The van der Waals surface area contributed by atoms with Crippen molar-refractivity contribution in [2.75, 3.05) is 17.7 Å². The Morgan fingerprint density at radius 1 is 1.07 bits per heavy atom. The SMILES string of the molecule is COc1cc(Cl)c(C)cc1Nc1cnnc(Nc2ccc(OC(C)C)cc2)n1. The maximum absolute atomic E-state index is 6.16. The van der Waals surface area contributed by atoms with E-state index >= 15 is 0 Å². The number of rotatable bonds is 7. The monoisotopic (exact) mass is 399 g/mol. The molecule has 0 spiro atoms. The Hall–Kier alpha value is -3.06. The largest absolute Gasteiger partial charge is 0.495 e. The van der Waals surface area contributed by atoms with Crippen molar-refractivity contribution in [2.24, 2.45) is 0 Å². The summed E-state index contributed by atoms with van der Waals surface area (Å²) in [6.07, 6.45) is 1.66. The van der Waals surface area contributed by atoms with Crippen molar-refractivity contribution in [3.8, 4) is 11.5 Å². The Kier molecular flexibility index (Phi) is 6.16. The van der Waals surface area contributed by atoms with Gasteiger partial charge in [-0.2, -0.15) is 10.1 Å². The van der Waals surface area contributed by atoms with Gasteiger partial charge in [-0.05, 0) is 56.7 Å². The molecule has 0 aliphatic carbocycles. The first-order valence-corrected chi connectivity index (χ1v) is 9.17. The molecule has 8 heteroatoms. The highest BCUT2D eigenvalue weighted by Gasteiger charge is 2.09. The first kappa shape index (κ1) is 19.7. The van der Waals surface area contributed by atoms with Crippen molar-refractivity contribution in [2.45, 2.75) is 26.9 Å². The molecule has 1 heterocycles. The molecule has 0 radical (unpaired) electrons. The molecule has 0 fully saturated rings. The number of hydrogen-bond acceptors (Lipinski definition) is 7. The second-order valence-electron chi connectivity index (χ2n) is 6.41. The van der Waals surface area contributed by atoms with E-state index in [0.717, 1.165) is 22.7 Å². The Balaban J connectivity index is 1.75. The number of nitrogens with zero attached hydrogens (tertiary/aromatic N) is 3. The number of benzene rings is 2. The van der Waals surface area contributed by atoms with Crippen LogP contribution in [0.15, 0.2) is 42.6 Å². The average molecular weight is 400 g/mol. The van der Waals surface area contributed by atoms with E-state index in [1.54, 1.807) is 13.2 Å². The molecular formula is C20H22ClN5O2. The fourth-order valence-electron chi connectivity index (χ4n) is 2.50. The van der Waals surface area contributed by atoms with Gasteiger partial charge in [-0.3, -0.25) is 0 Å². The lowest BCUT2D eigenvalue weighted by Crippen LogP contribution is -2.05. The van der Waals surface area contributed by atoms with E-state index in [2.05, 4.69) is 25.8 Å². The summed E-state index contributed by atoms with van der Waals surface area (Å²) in [6.45, 7) is 5.90. The molecule has 2 aromatic carbocycles. The zero-order valence-corrected chi connectivity index (χ0v) is 16.9. The van der Waals surface area contributed by atoms with Crippen molar-refractivity contribution in [3.63, 3.8) is 0 Å². The fourth-order valence-corrected chi connectivity index (χ4v) is 2.66. The molecule has 0 saturated heterocycles. The Morgan fingerprint density at radius 3 is 2.50 bits per heavy atom. The molecule has 3 rings (SSSR count). The van der Waals surface area contributed by atoms with E-state index in [-0.39, 0.29) is 6.10 Å². The maximum atomic E-state index is 6.16. The topological polar surface area (TPSA) is 81.2 Å². The van der Waals surface area contributed by atoms with Gasteiger partial charge in [-0.25, -0.2) is 0 Å². The molecule has 0 aliphatic rings. The molecule has 7 nitrogen and oxygen atoms in total. The quantitative estimate of drug-likeness (QED) is 0.570.